The molecule has 2 aromatic heterocycles. The standard InChI is InChI=1S/C19H23FN6O3/c1-4-25(5-2)11-6-12-29-18-21-15-16(22-23-18)26(19(28)24(3)17(15)27)14-9-7-13(20)8-10-14/h7-10H,4-6,11-12H2,1-3H3. The van der Waals surface area contributed by atoms with Crippen LogP contribution < -0.4 is 16.0 Å². The highest BCUT2D eigenvalue weighted by Crippen LogP contribution is 2.13. The van der Waals surface area contributed by atoms with E-state index in [4.69, 9.17) is 4.74 Å². The second-order valence-corrected chi connectivity index (χ2v) is 6.45. The Morgan fingerprint density at radius 3 is 2.45 bits per heavy atom. The van der Waals surface area contributed by atoms with Gasteiger partial charge in [0.15, 0.2) is 11.2 Å². The summed E-state index contributed by atoms with van der Waals surface area (Å²) in [4.78, 5) is 31.6. The zero-order valence-corrected chi connectivity index (χ0v) is 16.6. The number of fused-ring (bicyclic) bond motifs is 1. The van der Waals surface area contributed by atoms with Gasteiger partial charge < -0.3 is 9.64 Å². The van der Waals surface area contributed by atoms with Gasteiger partial charge in [-0.25, -0.2) is 13.8 Å². The fraction of sp³-hybridized carbons (Fsp3) is 0.421. The summed E-state index contributed by atoms with van der Waals surface area (Å²) in [5.74, 6) is -0.444. The van der Waals surface area contributed by atoms with Crippen molar-refractivity contribution in [3.05, 3.63) is 50.9 Å². The van der Waals surface area contributed by atoms with Crippen LogP contribution in [0.1, 0.15) is 20.3 Å². The van der Waals surface area contributed by atoms with E-state index in [2.05, 4.69) is 33.9 Å². The fourth-order valence-corrected chi connectivity index (χ4v) is 2.96. The second kappa shape index (κ2) is 8.91. The zero-order valence-electron chi connectivity index (χ0n) is 16.6. The summed E-state index contributed by atoms with van der Waals surface area (Å²) in [5.41, 5.74) is -0.948. The summed E-state index contributed by atoms with van der Waals surface area (Å²) in [5, 5.41) is 7.90. The second-order valence-electron chi connectivity index (χ2n) is 6.45. The summed E-state index contributed by atoms with van der Waals surface area (Å²) in [7, 11) is 1.34. The van der Waals surface area contributed by atoms with E-state index in [1.54, 1.807) is 0 Å². The first kappa shape index (κ1) is 20.6. The molecule has 10 heteroatoms. The van der Waals surface area contributed by atoms with Gasteiger partial charge in [0.25, 0.3) is 5.56 Å². The Labute approximate surface area is 166 Å². The molecule has 0 aliphatic heterocycles. The molecular weight excluding hydrogens is 379 g/mol. The van der Waals surface area contributed by atoms with E-state index in [9.17, 15) is 14.0 Å². The van der Waals surface area contributed by atoms with Crippen molar-refractivity contribution < 1.29 is 9.13 Å². The molecule has 9 nitrogen and oxygen atoms in total. The Morgan fingerprint density at radius 2 is 1.79 bits per heavy atom. The van der Waals surface area contributed by atoms with Gasteiger partial charge in [-0.1, -0.05) is 18.9 Å². The van der Waals surface area contributed by atoms with E-state index in [1.807, 2.05) is 0 Å². The highest BCUT2D eigenvalue weighted by Gasteiger charge is 2.17. The van der Waals surface area contributed by atoms with Crippen molar-refractivity contribution in [1.82, 2.24) is 29.2 Å². The first-order valence-electron chi connectivity index (χ1n) is 9.43. The average molecular weight is 402 g/mol. The smallest absolute Gasteiger partial charge is 0.337 e. The Bertz CT molecular complexity index is 1110. The Hall–Kier alpha value is -3.14. The summed E-state index contributed by atoms with van der Waals surface area (Å²) in [6, 6.07) is 5.23. The van der Waals surface area contributed by atoms with Gasteiger partial charge in [0, 0.05) is 13.6 Å². The minimum atomic E-state index is -0.627. The van der Waals surface area contributed by atoms with Gasteiger partial charge in [0.2, 0.25) is 0 Å². The molecule has 0 N–H and O–H groups in total. The van der Waals surface area contributed by atoms with Crippen LogP contribution in [0.5, 0.6) is 6.01 Å². The van der Waals surface area contributed by atoms with Gasteiger partial charge in [0.1, 0.15) is 5.82 Å². The molecule has 0 saturated carbocycles. The molecule has 0 fully saturated rings. The third-order valence-electron chi connectivity index (χ3n) is 4.68. The minimum absolute atomic E-state index is 0.0137. The SMILES string of the molecule is CCN(CC)CCCOc1nnc2c(n1)c(=O)n(C)c(=O)n2-c1ccc(F)cc1. The summed E-state index contributed by atoms with van der Waals surface area (Å²) in [6.07, 6.45) is 0.774. The third-order valence-corrected chi connectivity index (χ3v) is 4.68. The molecule has 0 amide bonds. The lowest BCUT2D eigenvalue weighted by atomic mass is 10.3. The number of rotatable bonds is 8. The third kappa shape index (κ3) is 4.32. The zero-order chi connectivity index (χ0) is 21.0. The quantitative estimate of drug-likeness (QED) is 0.521. The molecule has 154 valence electrons. The number of ether oxygens (including phenoxy) is 1. The van der Waals surface area contributed by atoms with Crippen LogP contribution in [0.4, 0.5) is 4.39 Å². The minimum Gasteiger partial charge on any atom is -0.462 e. The van der Waals surface area contributed by atoms with Crippen molar-refractivity contribution in [2.24, 2.45) is 7.05 Å². The average Bonchev–Trinajstić information content (AvgIpc) is 2.74. The largest absolute Gasteiger partial charge is 0.462 e. The van der Waals surface area contributed by atoms with Gasteiger partial charge in [-0.3, -0.25) is 9.36 Å². The molecule has 0 radical (unpaired) electrons. The molecule has 0 bridgehead atoms. The van der Waals surface area contributed by atoms with E-state index >= 15 is 0 Å². The molecule has 0 aliphatic carbocycles. The topological polar surface area (TPSA) is 95.1 Å². The number of halogens is 1. The molecule has 0 saturated heterocycles. The fourth-order valence-electron chi connectivity index (χ4n) is 2.96. The van der Waals surface area contributed by atoms with Gasteiger partial charge in [0.05, 0.1) is 12.3 Å². The molecular formula is C19H23FN6O3. The molecule has 0 atom stereocenters. The molecule has 0 unspecified atom stereocenters. The van der Waals surface area contributed by atoms with Crippen molar-refractivity contribution in [2.45, 2.75) is 20.3 Å². The maximum Gasteiger partial charge on any atom is 0.337 e. The van der Waals surface area contributed by atoms with Crippen LogP contribution in [0.25, 0.3) is 16.9 Å². The van der Waals surface area contributed by atoms with Crippen LogP contribution in [0.15, 0.2) is 33.9 Å². The maximum absolute atomic E-state index is 13.3. The van der Waals surface area contributed by atoms with Crippen molar-refractivity contribution in [3.63, 3.8) is 0 Å². The molecule has 0 aliphatic rings. The highest BCUT2D eigenvalue weighted by molar-refractivity contribution is 5.70. The van der Waals surface area contributed by atoms with Crippen molar-refractivity contribution >= 4 is 11.2 Å². The van der Waals surface area contributed by atoms with Crippen LogP contribution in [-0.4, -0.2) is 55.5 Å². The van der Waals surface area contributed by atoms with E-state index in [0.29, 0.717) is 12.3 Å². The van der Waals surface area contributed by atoms with E-state index in [0.717, 1.165) is 30.6 Å². The summed E-state index contributed by atoms with van der Waals surface area (Å²) >= 11 is 0. The molecule has 2 heterocycles. The Balaban J connectivity index is 1.94. The molecule has 3 aromatic rings. The van der Waals surface area contributed by atoms with Gasteiger partial charge in [-0.05, 0) is 43.8 Å². The lowest BCUT2D eigenvalue weighted by molar-refractivity contribution is 0.237. The van der Waals surface area contributed by atoms with Crippen LogP contribution in [-0.2, 0) is 7.05 Å². The first-order chi connectivity index (χ1) is 14.0. The predicted octanol–water partition coefficient (Wildman–Crippen LogP) is 1.12. The summed E-state index contributed by atoms with van der Waals surface area (Å²) in [6.45, 7) is 7.36. The number of benzene rings is 1. The maximum atomic E-state index is 13.3. The Kier molecular flexibility index (Phi) is 6.32. The van der Waals surface area contributed by atoms with Crippen LogP contribution in [0.3, 0.4) is 0 Å². The molecule has 29 heavy (non-hydrogen) atoms. The number of aromatic nitrogens is 5. The normalized spacial score (nSPS) is 11.3. The van der Waals surface area contributed by atoms with Crippen molar-refractivity contribution in [1.29, 1.82) is 0 Å². The number of nitrogens with zero attached hydrogens (tertiary/aromatic N) is 6. The van der Waals surface area contributed by atoms with E-state index < -0.39 is 17.1 Å². The molecule has 0 spiro atoms. The molecule has 3 rings (SSSR count). The monoisotopic (exact) mass is 402 g/mol. The predicted molar refractivity (Wildman–Crippen MR) is 106 cm³/mol. The summed E-state index contributed by atoms with van der Waals surface area (Å²) < 4.78 is 20.9. The number of hydrogen-bond acceptors (Lipinski definition) is 7. The van der Waals surface area contributed by atoms with Gasteiger partial charge >= 0.3 is 11.7 Å². The lowest BCUT2D eigenvalue weighted by Crippen LogP contribution is -2.38. The van der Waals surface area contributed by atoms with E-state index in [-0.39, 0.29) is 17.2 Å². The molecule has 1 aromatic carbocycles. The van der Waals surface area contributed by atoms with Crippen molar-refractivity contribution in [3.8, 4) is 11.7 Å². The highest BCUT2D eigenvalue weighted by atomic mass is 19.1. The van der Waals surface area contributed by atoms with Crippen LogP contribution in [0, 0.1) is 5.82 Å². The van der Waals surface area contributed by atoms with E-state index in [1.165, 1.54) is 35.9 Å². The lowest BCUT2D eigenvalue weighted by Gasteiger charge is -2.17. The van der Waals surface area contributed by atoms with Crippen LogP contribution in [0.2, 0.25) is 0 Å². The van der Waals surface area contributed by atoms with Crippen molar-refractivity contribution in [2.75, 3.05) is 26.2 Å². The Morgan fingerprint density at radius 1 is 1.10 bits per heavy atom. The first-order valence-corrected chi connectivity index (χ1v) is 9.43. The van der Waals surface area contributed by atoms with Gasteiger partial charge in [-0.15, -0.1) is 5.10 Å². The van der Waals surface area contributed by atoms with Crippen LogP contribution >= 0.6 is 0 Å². The number of hydrogen-bond donors (Lipinski definition) is 0. The van der Waals surface area contributed by atoms with Gasteiger partial charge in [-0.2, -0.15) is 4.98 Å².